The van der Waals surface area contributed by atoms with Gasteiger partial charge in [0.15, 0.2) is 6.73 Å². The van der Waals surface area contributed by atoms with Crippen LogP contribution in [0.1, 0.15) is 10.4 Å². The van der Waals surface area contributed by atoms with Crippen LogP contribution in [-0.4, -0.2) is 55.9 Å². The van der Waals surface area contributed by atoms with Gasteiger partial charge in [-0.15, -0.1) is 0 Å². The van der Waals surface area contributed by atoms with Crippen LogP contribution >= 0.6 is 23.2 Å². The molecule has 1 aromatic heterocycles. The molecule has 0 saturated carbocycles. The quantitative estimate of drug-likeness (QED) is 0.544. The minimum Gasteiger partial charge on any atom is -0.495 e. The maximum absolute atomic E-state index is 13.1. The van der Waals surface area contributed by atoms with E-state index in [-0.39, 0.29) is 24.1 Å². The third-order valence-electron chi connectivity index (χ3n) is 5.66. The van der Waals surface area contributed by atoms with Crippen LogP contribution in [0.25, 0.3) is 0 Å². The Bertz CT molecular complexity index is 1220. The van der Waals surface area contributed by atoms with E-state index in [2.05, 4.69) is 25.5 Å². The first-order valence-electron chi connectivity index (χ1n) is 10.7. The van der Waals surface area contributed by atoms with Crippen molar-refractivity contribution in [3.63, 3.8) is 0 Å². The number of anilines is 4. The molecule has 2 aliphatic rings. The molecule has 2 aliphatic heterocycles. The molecule has 0 unspecified atom stereocenters. The number of benzene rings is 2. The lowest BCUT2D eigenvalue weighted by Gasteiger charge is -2.30. The monoisotopic (exact) mass is 500 g/mol. The van der Waals surface area contributed by atoms with Crippen molar-refractivity contribution in [3.05, 3.63) is 58.2 Å². The van der Waals surface area contributed by atoms with Crippen LogP contribution in [0.2, 0.25) is 10.0 Å². The summed E-state index contributed by atoms with van der Waals surface area (Å²) < 4.78 is 11.4. The van der Waals surface area contributed by atoms with Crippen molar-refractivity contribution >= 4 is 52.1 Å². The van der Waals surface area contributed by atoms with Gasteiger partial charge >= 0.3 is 0 Å². The van der Waals surface area contributed by atoms with Gasteiger partial charge in [-0.1, -0.05) is 29.3 Å². The van der Waals surface area contributed by atoms with E-state index in [0.29, 0.717) is 21.7 Å². The summed E-state index contributed by atoms with van der Waals surface area (Å²) in [5.41, 5.74) is 2.40. The van der Waals surface area contributed by atoms with E-state index in [1.54, 1.807) is 25.3 Å². The third-order valence-corrected chi connectivity index (χ3v) is 6.27. The zero-order valence-electron chi connectivity index (χ0n) is 18.3. The zero-order valence-corrected chi connectivity index (χ0v) is 19.9. The molecule has 0 spiro atoms. The average Bonchev–Trinajstić information content (AvgIpc) is 2.85. The summed E-state index contributed by atoms with van der Waals surface area (Å²) in [4.78, 5) is 25.4. The lowest BCUT2D eigenvalue weighted by atomic mass is 10.2. The Morgan fingerprint density at radius 3 is 2.65 bits per heavy atom. The van der Waals surface area contributed by atoms with Crippen molar-refractivity contribution in [1.82, 2.24) is 15.3 Å². The van der Waals surface area contributed by atoms with Crippen LogP contribution in [-0.2, 0) is 0 Å². The number of piperazine rings is 1. The lowest BCUT2D eigenvalue weighted by molar-refractivity contribution is 0.0932. The van der Waals surface area contributed by atoms with Crippen LogP contribution < -0.4 is 29.9 Å². The Kier molecular flexibility index (Phi) is 6.32. The van der Waals surface area contributed by atoms with Crippen molar-refractivity contribution < 1.29 is 14.3 Å². The van der Waals surface area contributed by atoms with Crippen LogP contribution in [0.3, 0.4) is 0 Å². The molecule has 1 saturated heterocycles. The Balaban J connectivity index is 1.36. The third kappa shape index (κ3) is 4.29. The highest BCUT2D eigenvalue weighted by Gasteiger charge is 2.31. The molecule has 11 heteroatoms. The number of amides is 1. The topological polar surface area (TPSA) is 91.8 Å². The van der Waals surface area contributed by atoms with Crippen molar-refractivity contribution in [2.75, 3.05) is 55.1 Å². The largest absolute Gasteiger partial charge is 0.495 e. The molecule has 9 nitrogen and oxygen atoms in total. The van der Waals surface area contributed by atoms with Gasteiger partial charge in [-0.2, -0.15) is 4.98 Å². The van der Waals surface area contributed by atoms with E-state index >= 15 is 0 Å². The molecule has 0 bridgehead atoms. The average molecular weight is 501 g/mol. The molecular formula is C23H22Cl2N6O3. The van der Waals surface area contributed by atoms with Gasteiger partial charge in [0.25, 0.3) is 5.91 Å². The van der Waals surface area contributed by atoms with E-state index in [1.165, 1.54) is 11.1 Å². The van der Waals surface area contributed by atoms with Gasteiger partial charge in [0, 0.05) is 44.1 Å². The molecule has 0 radical (unpaired) electrons. The Hall–Kier alpha value is -3.27. The van der Waals surface area contributed by atoms with Crippen LogP contribution in [0.4, 0.5) is 23.0 Å². The number of carbonyl (C=O) groups is 1. The van der Waals surface area contributed by atoms with Gasteiger partial charge in [0.2, 0.25) is 11.8 Å². The van der Waals surface area contributed by atoms with Gasteiger partial charge < -0.3 is 25.0 Å². The van der Waals surface area contributed by atoms with Crippen LogP contribution in [0.15, 0.2) is 42.6 Å². The molecule has 0 aliphatic carbocycles. The second kappa shape index (κ2) is 9.54. The van der Waals surface area contributed by atoms with Crippen molar-refractivity contribution in [2.24, 2.45) is 0 Å². The zero-order chi connectivity index (χ0) is 23.7. The number of para-hydroxylation sites is 1. The van der Waals surface area contributed by atoms with Gasteiger partial charge in [0.05, 0.1) is 28.5 Å². The maximum atomic E-state index is 13.1. The van der Waals surface area contributed by atoms with Crippen molar-refractivity contribution in [2.45, 2.75) is 0 Å². The standard InChI is InChI=1S/C23H22Cl2N6O3/c1-33-19-11-14(5-6-18(19)30-9-7-26-8-10-30)28-23-27-12-15-21(29-23)34-13-31(22(15)32)20-16(24)3-2-4-17(20)25/h2-6,11-12,26H,7-10,13H2,1H3,(H,27,28,29). The van der Waals surface area contributed by atoms with E-state index in [9.17, 15) is 4.79 Å². The Morgan fingerprint density at radius 2 is 1.91 bits per heavy atom. The smallest absolute Gasteiger partial charge is 0.268 e. The Labute approximate surface area is 206 Å². The number of nitrogens with zero attached hydrogens (tertiary/aromatic N) is 4. The molecule has 2 aromatic carbocycles. The number of methoxy groups -OCH3 is 1. The fourth-order valence-electron chi connectivity index (χ4n) is 3.98. The summed E-state index contributed by atoms with van der Waals surface area (Å²) in [5.74, 6) is 0.896. The van der Waals surface area contributed by atoms with Gasteiger partial charge in [-0.25, -0.2) is 4.98 Å². The summed E-state index contributed by atoms with van der Waals surface area (Å²) >= 11 is 12.5. The molecule has 0 atom stereocenters. The second-order valence-corrected chi connectivity index (χ2v) is 8.55. The number of ether oxygens (including phenoxy) is 2. The SMILES string of the molecule is COc1cc(Nc2ncc3c(n2)OCN(c2c(Cl)cccc2Cl)C3=O)ccc1N1CCNCC1. The highest BCUT2D eigenvalue weighted by atomic mass is 35.5. The number of carbonyl (C=O) groups excluding carboxylic acids is 1. The predicted molar refractivity (Wildman–Crippen MR) is 132 cm³/mol. The first-order chi connectivity index (χ1) is 16.5. The van der Waals surface area contributed by atoms with Crippen LogP contribution in [0.5, 0.6) is 11.6 Å². The summed E-state index contributed by atoms with van der Waals surface area (Å²) in [6, 6.07) is 10.9. The second-order valence-electron chi connectivity index (χ2n) is 7.74. The molecule has 1 amide bonds. The molecule has 2 N–H and O–H groups in total. The highest BCUT2D eigenvalue weighted by Crippen LogP contribution is 2.37. The molecule has 5 rings (SSSR count). The molecular weight excluding hydrogens is 479 g/mol. The number of fused-ring (bicyclic) bond motifs is 1. The first-order valence-corrected chi connectivity index (χ1v) is 11.5. The number of hydrogen-bond acceptors (Lipinski definition) is 8. The molecule has 176 valence electrons. The summed E-state index contributed by atoms with van der Waals surface area (Å²) in [6.45, 7) is 3.63. The van der Waals surface area contributed by atoms with Gasteiger partial charge in [-0.3, -0.25) is 9.69 Å². The summed E-state index contributed by atoms with van der Waals surface area (Å²) in [7, 11) is 1.65. The first kappa shape index (κ1) is 22.5. The number of nitrogens with one attached hydrogen (secondary N) is 2. The summed E-state index contributed by atoms with van der Waals surface area (Å²) in [5, 5.41) is 7.21. The van der Waals surface area contributed by atoms with E-state index in [4.69, 9.17) is 32.7 Å². The summed E-state index contributed by atoms with van der Waals surface area (Å²) in [6.07, 6.45) is 1.43. The number of aromatic nitrogens is 2. The molecule has 1 fully saturated rings. The maximum Gasteiger partial charge on any atom is 0.268 e. The number of halogens is 2. The number of rotatable bonds is 5. The van der Waals surface area contributed by atoms with E-state index in [0.717, 1.165) is 43.3 Å². The fraction of sp³-hybridized carbons (Fsp3) is 0.261. The predicted octanol–water partition coefficient (Wildman–Crippen LogP) is 3.94. The number of hydrogen-bond donors (Lipinski definition) is 2. The molecule has 3 heterocycles. The van der Waals surface area contributed by atoms with E-state index in [1.807, 2.05) is 18.2 Å². The van der Waals surface area contributed by atoms with Crippen LogP contribution in [0, 0.1) is 0 Å². The van der Waals surface area contributed by atoms with Gasteiger partial charge in [0.1, 0.15) is 11.3 Å². The minimum atomic E-state index is -0.343. The lowest BCUT2D eigenvalue weighted by Crippen LogP contribution is -2.43. The Morgan fingerprint density at radius 1 is 1.15 bits per heavy atom. The fourth-order valence-corrected chi connectivity index (χ4v) is 4.58. The van der Waals surface area contributed by atoms with Crippen molar-refractivity contribution in [3.8, 4) is 11.6 Å². The highest BCUT2D eigenvalue weighted by molar-refractivity contribution is 6.40. The molecule has 3 aromatic rings. The van der Waals surface area contributed by atoms with E-state index < -0.39 is 0 Å². The minimum absolute atomic E-state index is 0.0705. The molecule has 34 heavy (non-hydrogen) atoms. The van der Waals surface area contributed by atoms with Gasteiger partial charge in [-0.05, 0) is 24.3 Å². The van der Waals surface area contributed by atoms with Crippen molar-refractivity contribution in [1.29, 1.82) is 0 Å². The normalized spacial score (nSPS) is 15.6.